The first-order valence-corrected chi connectivity index (χ1v) is 8.94. The zero-order valence-electron chi connectivity index (χ0n) is 14.9. The summed E-state index contributed by atoms with van der Waals surface area (Å²) < 4.78 is 5.49. The van der Waals surface area contributed by atoms with E-state index in [-0.39, 0.29) is 24.0 Å². The van der Waals surface area contributed by atoms with Gasteiger partial charge in [0, 0.05) is 51.9 Å². The first-order chi connectivity index (χ1) is 10.6. The van der Waals surface area contributed by atoms with Crippen LogP contribution in [-0.4, -0.2) is 74.3 Å². The molecule has 6 heteroatoms. The van der Waals surface area contributed by atoms with E-state index in [1.807, 2.05) is 0 Å². The van der Waals surface area contributed by atoms with Crippen LogP contribution in [0.15, 0.2) is 4.99 Å². The lowest BCUT2D eigenvalue weighted by Crippen LogP contribution is -2.53. The molecular formula is C17H33IN4O. The number of aliphatic imine (C=N–C) groups is 1. The number of hydrogen-bond donors (Lipinski definition) is 1. The van der Waals surface area contributed by atoms with Crippen LogP contribution in [0.2, 0.25) is 0 Å². The first-order valence-electron chi connectivity index (χ1n) is 8.94. The number of rotatable bonds is 4. The van der Waals surface area contributed by atoms with Crippen molar-refractivity contribution in [3.05, 3.63) is 0 Å². The van der Waals surface area contributed by atoms with Crippen LogP contribution in [0, 0.1) is 11.3 Å². The lowest BCUT2D eigenvalue weighted by Gasteiger charge is -2.37. The zero-order chi connectivity index (χ0) is 15.6. The van der Waals surface area contributed by atoms with Crippen LogP contribution in [0.4, 0.5) is 0 Å². The smallest absolute Gasteiger partial charge is 0.194 e. The minimum absolute atomic E-state index is 0. The molecule has 0 bridgehead atoms. The highest BCUT2D eigenvalue weighted by molar-refractivity contribution is 14.0. The Morgan fingerprint density at radius 2 is 1.96 bits per heavy atom. The molecule has 0 spiro atoms. The third kappa shape index (κ3) is 5.19. The van der Waals surface area contributed by atoms with Crippen LogP contribution in [0.25, 0.3) is 0 Å². The van der Waals surface area contributed by atoms with Gasteiger partial charge in [0.25, 0.3) is 0 Å². The highest BCUT2D eigenvalue weighted by Crippen LogP contribution is 2.44. The van der Waals surface area contributed by atoms with Gasteiger partial charge in [0.05, 0.1) is 6.61 Å². The van der Waals surface area contributed by atoms with Crippen LogP contribution >= 0.6 is 24.0 Å². The lowest BCUT2D eigenvalue weighted by atomic mass is 10.1. The van der Waals surface area contributed by atoms with Crippen molar-refractivity contribution in [3.8, 4) is 0 Å². The van der Waals surface area contributed by atoms with Crippen molar-refractivity contribution in [2.45, 2.75) is 39.7 Å². The van der Waals surface area contributed by atoms with Gasteiger partial charge < -0.3 is 15.0 Å². The summed E-state index contributed by atoms with van der Waals surface area (Å²) in [5.41, 5.74) is 0.443. The van der Waals surface area contributed by atoms with E-state index in [9.17, 15) is 0 Å². The Bertz CT molecular complexity index is 401. The molecule has 134 valence electrons. The van der Waals surface area contributed by atoms with Crippen molar-refractivity contribution in [2.75, 3.05) is 52.5 Å². The summed E-state index contributed by atoms with van der Waals surface area (Å²) in [5.74, 6) is 1.88. The lowest BCUT2D eigenvalue weighted by molar-refractivity contribution is 0.139. The van der Waals surface area contributed by atoms with E-state index in [1.165, 1.54) is 19.4 Å². The molecular weight excluding hydrogens is 403 g/mol. The van der Waals surface area contributed by atoms with Gasteiger partial charge >= 0.3 is 0 Å². The molecule has 2 saturated heterocycles. The van der Waals surface area contributed by atoms with Gasteiger partial charge in [0.1, 0.15) is 0 Å². The standard InChI is InChI=1S/C17H32N4O.HI/c1-4-18-16(19-15-11-17(15,2)3)21-8-6-20(7-9-21)12-14-5-10-22-13-14;/h14-15H,4-13H2,1-3H3,(H,18,19);1H. The second-order valence-electron chi connectivity index (χ2n) is 7.70. The molecule has 2 atom stereocenters. The molecule has 2 unspecified atom stereocenters. The Kier molecular flexibility index (Phi) is 6.98. The van der Waals surface area contributed by atoms with E-state index < -0.39 is 0 Å². The van der Waals surface area contributed by atoms with E-state index in [0.29, 0.717) is 11.5 Å². The molecule has 0 radical (unpaired) electrons. The summed E-state index contributed by atoms with van der Waals surface area (Å²) >= 11 is 0. The highest BCUT2D eigenvalue weighted by Gasteiger charge is 2.46. The Labute approximate surface area is 158 Å². The van der Waals surface area contributed by atoms with Crippen molar-refractivity contribution in [3.63, 3.8) is 0 Å². The summed E-state index contributed by atoms with van der Waals surface area (Å²) in [4.78, 5) is 9.76. The van der Waals surface area contributed by atoms with Gasteiger partial charge in [0.2, 0.25) is 0 Å². The normalized spacial score (nSPS) is 30.9. The van der Waals surface area contributed by atoms with E-state index in [2.05, 4.69) is 35.9 Å². The molecule has 1 aliphatic carbocycles. The SMILES string of the molecule is CCN=C(NC1CC1(C)C)N1CCN(CC2CCOC2)CC1.I. The Morgan fingerprint density at radius 3 is 2.48 bits per heavy atom. The van der Waals surface area contributed by atoms with E-state index in [4.69, 9.17) is 9.73 Å². The largest absolute Gasteiger partial charge is 0.381 e. The third-order valence-electron chi connectivity index (χ3n) is 5.34. The number of piperazine rings is 1. The predicted octanol–water partition coefficient (Wildman–Crippen LogP) is 2.02. The fourth-order valence-corrected chi connectivity index (χ4v) is 3.49. The number of hydrogen-bond acceptors (Lipinski definition) is 3. The quantitative estimate of drug-likeness (QED) is 0.416. The Hall–Kier alpha value is -0.0800. The monoisotopic (exact) mass is 436 g/mol. The molecule has 0 aromatic rings. The summed E-state index contributed by atoms with van der Waals surface area (Å²) in [5, 5.41) is 3.68. The van der Waals surface area contributed by atoms with Crippen LogP contribution in [0.1, 0.15) is 33.6 Å². The van der Waals surface area contributed by atoms with Crippen molar-refractivity contribution in [1.82, 2.24) is 15.1 Å². The molecule has 2 aliphatic heterocycles. The maximum absolute atomic E-state index is 5.49. The molecule has 3 rings (SSSR count). The van der Waals surface area contributed by atoms with Crippen molar-refractivity contribution < 1.29 is 4.74 Å². The van der Waals surface area contributed by atoms with Crippen LogP contribution in [0.5, 0.6) is 0 Å². The van der Waals surface area contributed by atoms with E-state index in [0.717, 1.165) is 57.8 Å². The summed E-state index contributed by atoms with van der Waals surface area (Å²) in [7, 11) is 0. The minimum Gasteiger partial charge on any atom is -0.381 e. The minimum atomic E-state index is 0. The van der Waals surface area contributed by atoms with Crippen molar-refractivity contribution >= 4 is 29.9 Å². The van der Waals surface area contributed by atoms with Crippen LogP contribution < -0.4 is 5.32 Å². The molecule has 0 aromatic carbocycles. The number of nitrogens with one attached hydrogen (secondary N) is 1. The Balaban J connectivity index is 0.00000192. The maximum Gasteiger partial charge on any atom is 0.194 e. The summed E-state index contributed by atoms with van der Waals surface area (Å²) in [6.07, 6.45) is 2.50. The van der Waals surface area contributed by atoms with Crippen molar-refractivity contribution in [2.24, 2.45) is 16.3 Å². The van der Waals surface area contributed by atoms with Gasteiger partial charge in [0.15, 0.2) is 5.96 Å². The molecule has 0 amide bonds. The number of halogens is 1. The first kappa shape index (κ1) is 19.2. The van der Waals surface area contributed by atoms with Crippen molar-refractivity contribution in [1.29, 1.82) is 0 Å². The second kappa shape index (κ2) is 8.34. The molecule has 2 heterocycles. The maximum atomic E-state index is 5.49. The molecule has 1 N–H and O–H groups in total. The second-order valence-corrected chi connectivity index (χ2v) is 7.70. The number of ether oxygens (including phenoxy) is 1. The van der Waals surface area contributed by atoms with Gasteiger partial charge in [-0.25, -0.2) is 0 Å². The van der Waals surface area contributed by atoms with Gasteiger partial charge in [-0.15, -0.1) is 24.0 Å². The average molecular weight is 436 g/mol. The Morgan fingerprint density at radius 1 is 1.26 bits per heavy atom. The van der Waals surface area contributed by atoms with Crippen LogP contribution in [-0.2, 0) is 4.74 Å². The predicted molar refractivity (Wildman–Crippen MR) is 106 cm³/mol. The average Bonchev–Trinajstić information content (AvgIpc) is 2.89. The van der Waals surface area contributed by atoms with Gasteiger partial charge in [-0.3, -0.25) is 9.89 Å². The summed E-state index contributed by atoms with van der Waals surface area (Å²) in [6, 6.07) is 0.603. The fourth-order valence-electron chi connectivity index (χ4n) is 3.49. The van der Waals surface area contributed by atoms with Crippen LogP contribution in [0.3, 0.4) is 0 Å². The summed E-state index contributed by atoms with van der Waals surface area (Å²) in [6.45, 7) is 15.2. The zero-order valence-corrected chi connectivity index (χ0v) is 17.2. The van der Waals surface area contributed by atoms with E-state index >= 15 is 0 Å². The third-order valence-corrected chi connectivity index (χ3v) is 5.34. The topological polar surface area (TPSA) is 40.1 Å². The molecule has 3 fully saturated rings. The number of nitrogens with zero attached hydrogens (tertiary/aromatic N) is 3. The molecule has 23 heavy (non-hydrogen) atoms. The highest BCUT2D eigenvalue weighted by atomic mass is 127. The number of guanidine groups is 1. The van der Waals surface area contributed by atoms with Gasteiger partial charge in [-0.2, -0.15) is 0 Å². The fraction of sp³-hybridized carbons (Fsp3) is 0.941. The van der Waals surface area contributed by atoms with E-state index in [1.54, 1.807) is 0 Å². The van der Waals surface area contributed by atoms with Gasteiger partial charge in [-0.1, -0.05) is 13.8 Å². The molecule has 5 nitrogen and oxygen atoms in total. The molecule has 0 aromatic heterocycles. The molecule has 3 aliphatic rings. The van der Waals surface area contributed by atoms with Gasteiger partial charge in [-0.05, 0) is 31.1 Å². The molecule has 1 saturated carbocycles.